The molecule has 15 heteroatoms. The average molecular weight is 618 g/mol. The number of rotatable bonds is 7. The Balaban J connectivity index is 0.000000434. The number of hydroxylamine groups is 2. The molecule has 4 atom stereocenters. The van der Waals surface area contributed by atoms with Crippen molar-refractivity contribution in [2.75, 3.05) is 53.6 Å². The summed E-state index contributed by atoms with van der Waals surface area (Å²) in [6.07, 6.45) is -1.17. The number of aliphatic carboxylic acids is 1. The molecule has 0 radical (unpaired) electrons. The van der Waals surface area contributed by atoms with Gasteiger partial charge in [-0.1, -0.05) is 0 Å². The van der Waals surface area contributed by atoms with Crippen molar-refractivity contribution in [2.24, 2.45) is 23.7 Å². The van der Waals surface area contributed by atoms with Gasteiger partial charge in [0.1, 0.15) is 11.2 Å². The molecule has 0 aromatic rings. The number of ether oxygens (including phenoxy) is 4. The Morgan fingerprint density at radius 3 is 1.37 bits per heavy atom. The molecule has 3 amide bonds. The van der Waals surface area contributed by atoms with Crippen LogP contribution < -0.4 is 0 Å². The number of hydrogen-bond acceptors (Lipinski definition) is 11. The Labute approximate surface area is 252 Å². The minimum absolute atomic E-state index is 0.00468. The van der Waals surface area contributed by atoms with E-state index in [9.17, 15) is 28.8 Å². The van der Waals surface area contributed by atoms with E-state index in [4.69, 9.17) is 28.9 Å². The Kier molecular flexibility index (Phi) is 13.7. The second-order valence-corrected chi connectivity index (χ2v) is 12.1. The third-order valence-electron chi connectivity index (χ3n) is 6.34. The van der Waals surface area contributed by atoms with Crippen LogP contribution in [0.3, 0.4) is 0 Å². The number of carboxylic acids is 1. The van der Waals surface area contributed by atoms with E-state index in [1.165, 1.54) is 24.0 Å². The summed E-state index contributed by atoms with van der Waals surface area (Å²) in [5, 5.41) is 10.2. The summed E-state index contributed by atoms with van der Waals surface area (Å²) in [5.41, 5.74) is -1.32. The molecule has 0 bridgehead atoms. The number of hydrogen-bond donors (Lipinski definition) is 1. The molecule has 2 fully saturated rings. The molecule has 0 unspecified atom stereocenters. The minimum Gasteiger partial charge on any atom is -0.481 e. The molecule has 0 aromatic carbocycles. The smallest absolute Gasteiger partial charge is 0.410 e. The lowest BCUT2D eigenvalue weighted by molar-refractivity contribution is -0.176. The minimum atomic E-state index is -1.12. The maximum absolute atomic E-state index is 12.4. The monoisotopic (exact) mass is 617 g/mol. The first kappa shape index (κ1) is 37.4. The summed E-state index contributed by atoms with van der Waals surface area (Å²) >= 11 is 0. The van der Waals surface area contributed by atoms with Gasteiger partial charge in [-0.2, -0.15) is 0 Å². The van der Waals surface area contributed by atoms with E-state index >= 15 is 0 Å². The van der Waals surface area contributed by atoms with Crippen molar-refractivity contribution in [3.63, 3.8) is 0 Å². The lowest BCUT2D eigenvalue weighted by Crippen LogP contribution is -2.39. The molecule has 15 nitrogen and oxygen atoms in total. The van der Waals surface area contributed by atoms with Crippen molar-refractivity contribution in [2.45, 2.75) is 66.6 Å². The van der Waals surface area contributed by atoms with Crippen LogP contribution in [0.1, 0.15) is 55.4 Å². The summed E-state index contributed by atoms with van der Waals surface area (Å²) in [5.74, 6) is -5.83. The highest BCUT2D eigenvalue weighted by Crippen LogP contribution is 2.29. The fourth-order valence-electron chi connectivity index (χ4n) is 4.36. The lowest BCUT2D eigenvalue weighted by Gasteiger charge is -2.24. The van der Waals surface area contributed by atoms with Crippen LogP contribution >= 0.6 is 0 Å². The van der Waals surface area contributed by atoms with Crippen molar-refractivity contribution in [1.29, 1.82) is 0 Å². The molecule has 2 aliphatic heterocycles. The summed E-state index contributed by atoms with van der Waals surface area (Å²) in [6, 6.07) is 0. The second kappa shape index (κ2) is 15.7. The Morgan fingerprint density at radius 1 is 0.698 bits per heavy atom. The summed E-state index contributed by atoms with van der Waals surface area (Å²) in [7, 11) is 2.82. The maximum atomic E-state index is 12.4. The molecule has 43 heavy (non-hydrogen) atoms. The number of esters is 2. The predicted molar refractivity (Wildman–Crippen MR) is 150 cm³/mol. The van der Waals surface area contributed by atoms with Crippen molar-refractivity contribution in [3.05, 3.63) is 0 Å². The molecule has 1 N–H and O–H groups in total. The Hall–Kier alpha value is -3.62. The second-order valence-electron chi connectivity index (χ2n) is 12.1. The SMILES string of the molecule is CCOC(=O)[C@H]1CN(C(=O)OC(C)(C)C)C[C@@H]1C(=O)N(C)OC.CCOC(=O)[C@H]1CN(C(=O)OC(C)(C)C)C[C@@H]1C(=O)O. The normalized spacial score (nSPS) is 21.7. The van der Waals surface area contributed by atoms with Crippen LogP contribution in [0, 0.1) is 23.7 Å². The topological polar surface area (TPSA) is 179 Å². The fourth-order valence-corrected chi connectivity index (χ4v) is 4.36. The highest BCUT2D eigenvalue weighted by atomic mass is 16.7. The van der Waals surface area contributed by atoms with E-state index in [-0.39, 0.29) is 45.3 Å². The van der Waals surface area contributed by atoms with Gasteiger partial charge in [-0.25, -0.2) is 14.7 Å². The molecule has 246 valence electrons. The first-order valence-electron chi connectivity index (χ1n) is 14.1. The van der Waals surface area contributed by atoms with E-state index in [1.54, 1.807) is 55.4 Å². The van der Waals surface area contributed by atoms with Gasteiger partial charge in [0.2, 0.25) is 0 Å². The van der Waals surface area contributed by atoms with Gasteiger partial charge in [-0.15, -0.1) is 0 Å². The average Bonchev–Trinajstić information content (AvgIpc) is 3.52. The Bertz CT molecular complexity index is 1020. The van der Waals surface area contributed by atoms with Crippen LogP contribution in [-0.2, 0) is 43.0 Å². The van der Waals surface area contributed by atoms with Gasteiger partial charge in [0, 0.05) is 33.2 Å². The summed E-state index contributed by atoms with van der Waals surface area (Å²) in [4.78, 5) is 79.0. The first-order chi connectivity index (χ1) is 19.8. The molecule has 2 saturated heterocycles. The summed E-state index contributed by atoms with van der Waals surface area (Å²) in [6.45, 7) is 14.3. The van der Waals surface area contributed by atoms with Gasteiger partial charge >= 0.3 is 30.1 Å². The molecule has 0 spiro atoms. The van der Waals surface area contributed by atoms with E-state index < -0.39 is 65.0 Å². The quantitative estimate of drug-likeness (QED) is 0.250. The highest BCUT2D eigenvalue weighted by molar-refractivity contribution is 5.87. The number of carboxylic acid groups (broad SMARTS) is 1. The standard InChI is InChI=1S/C15H26N2O6.C13H21NO6/c1-7-22-13(19)11-9-17(14(20)23-15(2,3)4)8-10(11)12(18)16(5)21-6;1-5-19-11(17)9-7-14(6-8(9)10(15)16)12(18)20-13(2,3)4/h10-11H,7-9H2,1-6H3;8-9H,5-7H2,1-4H3,(H,15,16)/t10-,11-;8-,9-/m00/s1. The third-order valence-corrected chi connectivity index (χ3v) is 6.34. The van der Waals surface area contributed by atoms with Crippen LogP contribution in [-0.4, -0.2) is 121 Å². The maximum Gasteiger partial charge on any atom is 0.410 e. The molecule has 0 aliphatic carbocycles. The van der Waals surface area contributed by atoms with E-state index in [0.717, 1.165) is 5.06 Å². The van der Waals surface area contributed by atoms with Gasteiger partial charge in [-0.3, -0.25) is 24.0 Å². The predicted octanol–water partition coefficient (Wildman–Crippen LogP) is 2.17. The van der Waals surface area contributed by atoms with Gasteiger partial charge < -0.3 is 33.9 Å². The number of carbonyl (C=O) groups is 6. The van der Waals surface area contributed by atoms with Crippen LogP contribution in [0.4, 0.5) is 9.59 Å². The van der Waals surface area contributed by atoms with E-state index in [2.05, 4.69) is 0 Å². The van der Waals surface area contributed by atoms with Crippen LogP contribution in [0.15, 0.2) is 0 Å². The van der Waals surface area contributed by atoms with Crippen LogP contribution in [0.2, 0.25) is 0 Å². The molecular formula is C28H47N3O12. The third kappa shape index (κ3) is 11.5. The molecule has 0 aromatic heterocycles. The zero-order chi connectivity index (χ0) is 33.3. The number of likely N-dealkylation sites (tertiary alicyclic amines) is 2. The largest absolute Gasteiger partial charge is 0.481 e. The van der Waals surface area contributed by atoms with Crippen molar-refractivity contribution in [3.8, 4) is 0 Å². The van der Waals surface area contributed by atoms with Crippen molar-refractivity contribution >= 4 is 36.0 Å². The molecule has 2 heterocycles. The fraction of sp³-hybridized carbons (Fsp3) is 0.786. The van der Waals surface area contributed by atoms with Crippen LogP contribution in [0.25, 0.3) is 0 Å². The number of amides is 3. The number of carbonyl (C=O) groups excluding carboxylic acids is 5. The lowest BCUT2D eigenvalue weighted by atomic mass is 9.95. The van der Waals surface area contributed by atoms with Gasteiger partial charge in [0.25, 0.3) is 5.91 Å². The van der Waals surface area contributed by atoms with Gasteiger partial charge in [0.05, 0.1) is 44.0 Å². The van der Waals surface area contributed by atoms with E-state index in [1.807, 2.05) is 0 Å². The van der Waals surface area contributed by atoms with Gasteiger partial charge in [0.15, 0.2) is 0 Å². The summed E-state index contributed by atoms with van der Waals surface area (Å²) < 4.78 is 20.4. The molecule has 2 aliphatic rings. The van der Waals surface area contributed by atoms with E-state index in [0.29, 0.717) is 0 Å². The zero-order valence-corrected chi connectivity index (χ0v) is 26.8. The zero-order valence-electron chi connectivity index (χ0n) is 26.8. The van der Waals surface area contributed by atoms with Crippen molar-refractivity contribution < 1.29 is 57.7 Å². The highest BCUT2D eigenvalue weighted by Gasteiger charge is 2.47. The van der Waals surface area contributed by atoms with Crippen LogP contribution in [0.5, 0.6) is 0 Å². The molecule has 0 saturated carbocycles. The molecule has 2 rings (SSSR count). The van der Waals surface area contributed by atoms with Gasteiger partial charge in [-0.05, 0) is 55.4 Å². The molecular weight excluding hydrogens is 570 g/mol. The first-order valence-corrected chi connectivity index (χ1v) is 14.1. The van der Waals surface area contributed by atoms with Crippen molar-refractivity contribution in [1.82, 2.24) is 14.9 Å². The Morgan fingerprint density at radius 2 is 1.05 bits per heavy atom. The number of nitrogens with zero attached hydrogens (tertiary/aromatic N) is 3.